The first-order valence-electron chi connectivity index (χ1n) is 11.3. The van der Waals surface area contributed by atoms with Gasteiger partial charge in [-0.15, -0.1) is 0 Å². The number of urea groups is 1. The summed E-state index contributed by atoms with van der Waals surface area (Å²) in [5.41, 5.74) is 4.49. The molecule has 2 aromatic carbocycles. The fraction of sp³-hybridized carbons (Fsp3) is 0.500. The second kappa shape index (κ2) is 6.91. The highest BCUT2D eigenvalue weighted by atomic mass is 16.5. The maximum absolute atomic E-state index is 13.8. The first-order valence-corrected chi connectivity index (χ1v) is 11.3. The highest BCUT2D eigenvalue weighted by Gasteiger charge is 2.57. The van der Waals surface area contributed by atoms with E-state index in [1.54, 1.807) is 13.2 Å². The molecule has 1 aliphatic carbocycles. The summed E-state index contributed by atoms with van der Waals surface area (Å²) in [7, 11) is 1.69. The molecular weight excluding hydrogens is 388 g/mol. The van der Waals surface area contributed by atoms with Crippen LogP contribution in [0.15, 0.2) is 36.4 Å². The summed E-state index contributed by atoms with van der Waals surface area (Å²) in [6.07, 6.45) is 2.44. The number of benzene rings is 2. The molecule has 0 unspecified atom stereocenters. The molecule has 1 N–H and O–H groups in total. The van der Waals surface area contributed by atoms with E-state index in [1.807, 2.05) is 23.1 Å². The maximum Gasteiger partial charge on any atom is 0.320 e. The summed E-state index contributed by atoms with van der Waals surface area (Å²) in [6.45, 7) is 8.94. The largest absolute Gasteiger partial charge is 0.508 e. The molecule has 2 aliphatic heterocycles. The number of ether oxygens (including phenoxy) is 1. The Morgan fingerprint density at radius 2 is 1.87 bits per heavy atom. The van der Waals surface area contributed by atoms with Gasteiger partial charge in [-0.3, -0.25) is 0 Å². The molecule has 0 saturated carbocycles. The molecule has 2 amide bonds. The monoisotopic (exact) mass is 420 g/mol. The summed E-state index contributed by atoms with van der Waals surface area (Å²) in [4.78, 5) is 17.9. The molecule has 0 aromatic heterocycles. The van der Waals surface area contributed by atoms with Gasteiger partial charge in [0.25, 0.3) is 0 Å². The fourth-order valence-electron chi connectivity index (χ4n) is 6.24. The third-order valence-electron chi connectivity index (χ3n) is 8.59. The van der Waals surface area contributed by atoms with Gasteiger partial charge in [-0.2, -0.15) is 0 Å². The molecule has 2 heterocycles. The van der Waals surface area contributed by atoms with Crippen molar-refractivity contribution in [3.05, 3.63) is 58.7 Å². The van der Waals surface area contributed by atoms with Crippen molar-refractivity contribution in [2.45, 2.75) is 58.0 Å². The minimum Gasteiger partial charge on any atom is -0.508 e. The number of aromatic hydroxyl groups is 1. The number of carbonyl (C=O) groups excluding carboxylic acids is 1. The molecule has 5 rings (SSSR count). The van der Waals surface area contributed by atoms with Crippen LogP contribution in [0.1, 0.15) is 49.4 Å². The van der Waals surface area contributed by atoms with Crippen LogP contribution in [0.4, 0.5) is 4.79 Å². The molecule has 0 radical (unpaired) electrons. The van der Waals surface area contributed by atoms with Crippen LogP contribution in [0.5, 0.6) is 11.5 Å². The van der Waals surface area contributed by atoms with Gasteiger partial charge < -0.3 is 19.6 Å². The number of phenolic OH excluding ortho intramolecular Hbond substituents is 1. The normalized spacial score (nSPS) is 26.1. The number of amides is 2. The van der Waals surface area contributed by atoms with Crippen LogP contribution in [0.25, 0.3) is 0 Å². The second-order valence-corrected chi connectivity index (χ2v) is 10.1. The number of hydrogen-bond acceptors (Lipinski definition) is 3. The lowest BCUT2D eigenvalue weighted by Gasteiger charge is -2.61. The van der Waals surface area contributed by atoms with Crippen LogP contribution in [-0.2, 0) is 24.8 Å². The molecule has 3 aliphatic rings. The average Bonchev–Trinajstić information content (AvgIpc) is 2.75. The summed E-state index contributed by atoms with van der Waals surface area (Å²) < 4.78 is 5.57. The molecule has 164 valence electrons. The van der Waals surface area contributed by atoms with Crippen LogP contribution in [0.3, 0.4) is 0 Å². The average molecular weight is 421 g/mol. The standard InChI is InChI=1S/C26H32N2O3/c1-25(2)23-15-18-20(8-6-9-21(18)29)26(25,3)12-14-28(23)24(30)27-13-11-17-7-5-10-22(31-4)19(17)16-27/h5-10,23,29H,11-16H2,1-4H3/t23-,26+/m1/s1. The molecule has 5 heteroatoms. The van der Waals surface area contributed by atoms with Gasteiger partial charge in [0.1, 0.15) is 11.5 Å². The van der Waals surface area contributed by atoms with Crippen LogP contribution in [-0.4, -0.2) is 47.2 Å². The predicted octanol–water partition coefficient (Wildman–Crippen LogP) is 4.49. The number of likely N-dealkylation sites (tertiary alicyclic amines) is 1. The van der Waals surface area contributed by atoms with Crippen LogP contribution in [0.2, 0.25) is 0 Å². The minimum atomic E-state index is -0.0902. The van der Waals surface area contributed by atoms with Crippen LogP contribution >= 0.6 is 0 Å². The highest BCUT2D eigenvalue weighted by Crippen LogP contribution is 2.57. The van der Waals surface area contributed by atoms with E-state index in [-0.39, 0.29) is 22.9 Å². The Kier molecular flexibility index (Phi) is 4.51. The highest BCUT2D eigenvalue weighted by molar-refractivity contribution is 5.76. The van der Waals surface area contributed by atoms with Gasteiger partial charge in [0.2, 0.25) is 0 Å². The number of piperidine rings is 1. The smallest absolute Gasteiger partial charge is 0.320 e. The Labute approximate surface area is 184 Å². The summed E-state index contributed by atoms with van der Waals surface area (Å²) in [5, 5.41) is 10.6. The van der Waals surface area contributed by atoms with Gasteiger partial charge in [-0.25, -0.2) is 4.79 Å². The van der Waals surface area contributed by atoms with E-state index in [0.717, 1.165) is 42.8 Å². The van der Waals surface area contributed by atoms with Crippen molar-refractivity contribution in [2.75, 3.05) is 20.2 Å². The maximum atomic E-state index is 13.8. The Morgan fingerprint density at radius 3 is 2.65 bits per heavy atom. The molecule has 5 nitrogen and oxygen atoms in total. The van der Waals surface area contributed by atoms with E-state index in [1.165, 1.54) is 11.1 Å². The first-order chi connectivity index (χ1) is 14.8. The number of phenols is 1. The third kappa shape index (κ3) is 2.78. The van der Waals surface area contributed by atoms with Crippen molar-refractivity contribution in [3.63, 3.8) is 0 Å². The van der Waals surface area contributed by atoms with E-state index in [9.17, 15) is 9.90 Å². The minimum absolute atomic E-state index is 0.0543. The Bertz CT molecular complexity index is 1030. The Morgan fingerprint density at radius 1 is 1.10 bits per heavy atom. The number of fused-ring (bicyclic) bond motifs is 5. The van der Waals surface area contributed by atoms with E-state index >= 15 is 0 Å². The molecule has 2 atom stereocenters. The first kappa shape index (κ1) is 20.2. The zero-order valence-electron chi connectivity index (χ0n) is 18.9. The lowest BCUT2D eigenvalue weighted by molar-refractivity contribution is -0.0246. The third-order valence-corrected chi connectivity index (χ3v) is 8.59. The Hall–Kier alpha value is -2.69. The zero-order valence-corrected chi connectivity index (χ0v) is 18.9. The van der Waals surface area contributed by atoms with E-state index in [4.69, 9.17) is 4.74 Å². The summed E-state index contributed by atoms with van der Waals surface area (Å²) in [5.74, 6) is 1.22. The van der Waals surface area contributed by atoms with Crippen molar-refractivity contribution in [3.8, 4) is 11.5 Å². The SMILES string of the molecule is COc1cccc2c1CN(C(=O)N1CC[C@@]3(C)c4cccc(O)c4C[C@@H]1C3(C)C)CC2. The molecule has 31 heavy (non-hydrogen) atoms. The van der Waals surface area contributed by atoms with Gasteiger partial charge in [0.05, 0.1) is 13.7 Å². The van der Waals surface area contributed by atoms with Crippen molar-refractivity contribution >= 4 is 6.03 Å². The topological polar surface area (TPSA) is 53.0 Å². The van der Waals surface area contributed by atoms with Crippen LogP contribution < -0.4 is 4.74 Å². The predicted molar refractivity (Wildman–Crippen MR) is 121 cm³/mol. The second-order valence-electron chi connectivity index (χ2n) is 10.1. The molecule has 1 saturated heterocycles. The number of hydrogen-bond donors (Lipinski definition) is 1. The van der Waals surface area contributed by atoms with Crippen molar-refractivity contribution in [2.24, 2.45) is 5.41 Å². The Balaban J connectivity index is 1.47. The summed E-state index contributed by atoms with van der Waals surface area (Å²) in [6, 6.07) is 12.2. The number of nitrogens with zero attached hydrogens (tertiary/aromatic N) is 2. The van der Waals surface area contributed by atoms with Gasteiger partial charge >= 0.3 is 6.03 Å². The van der Waals surface area contributed by atoms with E-state index in [2.05, 4.69) is 37.8 Å². The molecule has 0 spiro atoms. The van der Waals surface area contributed by atoms with E-state index < -0.39 is 0 Å². The molecular formula is C26H32N2O3. The molecule has 2 aromatic rings. The quantitative estimate of drug-likeness (QED) is 0.739. The molecule has 2 bridgehead atoms. The fourth-order valence-corrected chi connectivity index (χ4v) is 6.24. The zero-order chi connectivity index (χ0) is 22.0. The number of methoxy groups -OCH3 is 1. The summed E-state index contributed by atoms with van der Waals surface area (Å²) >= 11 is 0. The van der Waals surface area contributed by atoms with Crippen molar-refractivity contribution in [1.29, 1.82) is 0 Å². The van der Waals surface area contributed by atoms with Crippen LogP contribution in [0, 0.1) is 5.41 Å². The van der Waals surface area contributed by atoms with Crippen molar-refractivity contribution in [1.82, 2.24) is 9.80 Å². The number of carbonyl (C=O) groups is 1. The lowest BCUT2D eigenvalue weighted by atomic mass is 9.51. The van der Waals surface area contributed by atoms with Gasteiger partial charge in [0.15, 0.2) is 0 Å². The van der Waals surface area contributed by atoms with Gasteiger partial charge in [-0.1, -0.05) is 45.0 Å². The van der Waals surface area contributed by atoms with Gasteiger partial charge in [-0.05, 0) is 53.5 Å². The lowest BCUT2D eigenvalue weighted by Crippen LogP contribution is -2.66. The molecule has 1 fully saturated rings. The van der Waals surface area contributed by atoms with Gasteiger partial charge in [0, 0.05) is 30.1 Å². The number of rotatable bonds is 1. The van der Waals surface area contributed by atoms with Crippen molar-refractivity contribution < 1.29 is 14.6 Å². The van der Waals surface area contributed by atoms with E-state index in [0.29, 0.717) is 18.7 Å².